The molecule has 1 amide bonds. The predicted octanol–water partition coefficient (Wildman–Crippen LogP) is 3.26. The van der Waals surface area contributed by atoms with Gasteiger partial charge in [0.15, 0.2) is 5.17 Å². The summed E-state index contributed by atoms with van der Waals surface area (Å²) in [6.45, 7) is 6.43. The molecular weight excluding hydrogens is 377 g/mol. The van der Waals surface area contributed by atoms with Crippen molar-refractivity contribution in [2.75, 3.05) is 24.7 Å². The molecule has 0 aliphatic carbocycles. The van der Waals surface area contributed by atoms with Crippen molar-refractivity contribution in [3.63, 3.8) is 0 Å². The van der Waals surface area contributed by atoms with Gasteiger partial charge < -0.3 is 16.8 Å². The lowest BCUT2D eigenvalue weighted by Gasteiger charge is -2.19. The van der Waals surface area contributed by atoms with Crippen molar-refractivity contribution in [1.82, 2.24) is 0 Å². The number of rotatable bonds is 4. The van der Waals surface area contributed by atoms with Gasteiger partial charge in [0, 0.05) is 36.1 Å². The number of nitrogens with two attached hydrogens (primary N) is 2. The Labute approximate surface area is 169 Å². The van der Waals surface area contributed by atoms with Gasteiger partial charge in [0.05, 0.1) is 0 Å². The summed E-state index contributed by atoms with van der Waals surface area (Å²) in [5.74, 6) is -0.0706. The fourth-order valence-electron chi connectivity index (χ4n) is 2.62. The molecule has 0 saturated heterocycles. The van der Waals surface area contributed by atoms with Gasteiger partial charge in [0.2, 0.25) is 0 Å². The van der Waals surface area contributed by atoms with Crippen LogP contribution < -0.4 is 16.8 Å². The normalized spacial score (nSPS) is 19.0. The van der Waals surface area contributed by atoms with Gasteiger partial charge in [0.1, 0.15) is 11.5 Å². The van der Waals surface area contributed by atoms with E-state index < -0.39 is 5.91 Å². The lowest BCUT2D eigenvalue weighted by molar-refractivity contribution is -0.110. The number of hydrogen-bond acceptors (Lipinski definition) is 6. The minimum absolute atomic E-state index is 0.0256. The van der Waals surface area contributed by atoms with Crippen LogP contribution in [0.25, 0.3) is 0 Å². The van der Waals surface area contributed by atoms with E-state index in [0.717, 1.165) is 0 Å². The van der Waals surface area contributed by atoms with Crippen LogP contribution >= 0.6 is 11.8 Å². The lowest BCUT2D eigenvalue weighted by Crippen LogP contribution is -2.25. The smallest absolute Gasteiger partial charge is 0.273 e. The first-order valence-corrected chi connectivity index (χ1v) is 10.1. The van der Waals surface area contributed by atoms with Gasteiger partial charge in [-0.3, -0.25) is 14.8 Å². The molecular formula is C20H28FN5OS. The summed E-state index contributed by atoms with van der Waals surface area (Å²) in [4.78, 5) is 20.8. The minimum Gasteiger partial charge on any atom is -0.402 e. The Bertz CT molecular complexity index is 826. The highest BCUT2D eigenvalue weighted by Crippen LogP contribution is 2.30. The Morgan fingerprint density at radius 1 is 1.43 bits per heavy atom. The van der Waals surface area contributed by atoms with Crippen molar-refractivity contribution in [1.29, 1.82) is 0 Å². The summed E-state index contributed by atoms with van der Waals surface area (Å²) < 4.78 is 14.4. The van der Waals surface area contributed by atoms with Gasteiger partial charge in [-0.15, -0.1) is 0 Å². The van der Waals surface area contributed by atoms with Crippen LogP contribution in [0.15, 0.2) is 40.0 Å². The third kappa shape index (κ3) is 5.82. The molecule has 2 rings (SSSR count). The van der Waals surface area contributed by atoms with Crippen LogP contribution in [0.4, 0.5) is 10.1 Å². The van der Waals surface area contributed by atoms with E-state index in [2.05, 4.69) is 15.3 Å². The number of thioether (sulfide) groups is 1. The molecule has 0 fully saturated rings. The molecule has 0 radical (unpaired) electrons. The van der Waals surface area contributed by atoms with E-state index in [9.17, 15) is 9.18 Å². The molecule has 0 spiro atoms. The highest BCUT2D eigenvalue weighted by Gasteiger charge is 2.21. The van der Waals surface area contributed by atoms with Crippen LogP contribution in [0.3, 0.4) is 0 Å². The summed E-state index contributed by atoms with van der Waals surface area (Å²) in [6.07, 6.45) is 2.27. The maximum atomic E-state index is 14.4. The monoisotopic (exact) mass is 405 g/mol. The van der Waals surface area contributed by atoms with E-state index in [1.807, 2.05) is 20.8 Å². The summed E-state index contributed by atoms with van der Waals surface area (Å²) in [5, 5.41) is 3.31. The number of carbonyl (C=O) groups excluding carboxylic acids is 1. The van der Waals surface area contributed by atoms with Gasteiger partial charge in [-0.1, -0.05) is 32.5 Å². The number of benzene rings is 1. The Balaban J connectivity index is 2.19. The number of amidine groups is 1. The Kier molecular flexibility index (Phi) is 7.23. The molecule has 152 valence electrons. The second kappa shape index (κ2) is 9.23. The highest BCUT2D eigenvalue weighted by molar-refractivity contribution is 8.13. The number of nitrogens with one attached hydrogen (secondary N) is 1. The number of aliphatic imine (C=N–C) groups is 2. The van der Waals surface area contributed by atoms with Gasteiger partial charge in [-0.05, 0) is 42.2 Å². The molecule has 6 nitrogen and oxygen atoms in total. The molecule has 1 aromatic rings. The van der Waals surface area contributed by atoms with E-state index in [-0.39, 0.29) is 22.9 Å². The molecule has 28 heavy (non-hydrogen) atoms. The zero-order valence-electron chi connectivity index (χ0n) is 16.8. The molecule has 8 heteroatoms. The number of halogens is 1. The third-order valence-corrected chi connectivity index (χ3v) is 5.50. The molecule has 1 heterocycles. The van der Waals surface area contributed by atoms with Crippen molar-refractivity contribution in [3.8, 4) is 0 Å². The molecule has 0 aromatic heterocycles. The van der Waals surface area contributed by atoms with E-state index >= 15 is 0 Å². The predicted molar refractivity (Wildman–Crippen MR) is 116 cm³/mol. The second-order valence-electron chi connectivity index (χ2n) is 7.67. The maximum Gasteiger partial charge on any atom is 0.273 e. The topological polar surface area (TPSA) is 106 Å². The van der Waals surface area contributed by atoms with Crippen LogP contribution in [-0.2, 0) is 4.79 Å². The zero-order valence-corrected chi connectivity index (χ0v) is 17.6. The second-order valence-corrected chi connectivity index (χ2v) is 8.71. The largest absolute Gasteiger partial charge is 0.402 e. The first-order valence-electron chi connectivity index (χ1n) is 9.09. The number of nitrogens with zero attached hydrogens (tertiary/aromatic N) is 2. The van der Waals surface area contributed by atoms with Crippen molar-refractivity contribution in [3.05, 3.63) is 41.4 Å². The van der Waals surface area contributed by atoms with Crippen LogP contribution in [0, 0.1) is 11.2 Å². The number of carbonyl (C=O) groups is 1. The lowest BCUT2D eigenvalue weighted by atomic mass is 9.91. The summed E-state index contributed by atoms with van der Waals surface area (Å²) >= 11 is 1.42. The fourth-order valence-corrected chi connectivity index (χ4v) is 3.52. The van der Waals surface area contributed by atoms with Crippen LogP contribution in [0.5, 0.6) is 0 Å². The molecule has 0 bridgehead atoms. The van der Waals surface area contributed by atoms with Gasteiger partial charge in [-0.25, -0.2) is 4.39 Å². The molecule has 0 unspecified atom stereocenters. The van der Waals surface area contributed by atoms with Crippen LogP contribution in [0.1, 0.15) is 38.7 Å². The molecule has 1 aliphatic rings. The average molecular weight is 406 g/mol. The molecule has 1 aromatic carbocycles. The first kappa shape index (κ1) is 21.9. The Morgan fingerprint density at radius 3 is 2.79 bits per heavy atom. The van der Waals surface area contributed by atoms with E-state index in [0.29, 0.717) is 40.8 Å². The molecule has 0 saturated carbocycles. The zero-order chi connectivity index (χ0) is 20.9. The van der Waals surface area contributed by atoms with E-state index in [4.69, 9.17) is 11.5 Å². The van der Waals surface area contributed by atoms with Gasteiger partial charge >= 0.3 is 0 Å². The Hall–Kier alpha value is -2.35. The SMILES string of the molecule is CN=C(/C=C(\N)C(C)(C)C)C(=O)Nc1ccc(F)c([C@@H]2CCN=C(N)SC2)c1. The number of hydrogen-bond donors (Lipinski definition) is 3. The van der Waals surface area contributed by atoms with Gasteiger partial charge in [0.25, 0.3) is 5.91 Å². The molecule has 1 aliphatic heterocycles. The summed E-state index contributed by atoms with van der Waals surface area (Å²) in [6, 6.07) is 4.58. The average Bonchev–Trinajstić information content (AvgIpc) is 2.84. The van der Waals surface area contributed by atoms with Gasteiger partial charge in [-0.2, -0.15) is 0 Å². The standard InChI is InChI=1S/C20H28FN5OS/c1-20(2,3)17(22)10-16(24-4)18(27)26-13-5-6-15(21)14(9-13)12-7-8-25-19(23)28-11-12/h5-6,9-10,12H,7-8,11,22H2,1-4H3,(H2,23,25)(H,26,27)/b17-10-,24-16?/t12-/m1/s1. The maximum absolute atomic E-state index is 14.4. The number of allylic oxidation sites excluding steroid dienone is 1. The van der Waals surface area contributed by atoms with Crippen molar-refractivity contribution >= 4 is 34.2 Å². The van der Waals surface area contributed by atoms with Crippen LogP contribution in [0.2, 0.25) is 0 Å². The number of amides is 1. The van der Waals surface area contributed by atoms with Crippen molar-refractivity contribution in [2.45, 2.75) is 33.1 Å². The minimum atomic E-state index is -0.393. The summed E-state index contributed by atoms with van der Waals surface area (Å²) in [7, 11) is 1.53. The van der Waals surface area contributed by atoms with Crippen molar-refractivity contribution < 1.29 is 9.18 Å². The van der Waals surface area contributed by atoms with E-state index in [1.165, 1.54) is 30.9 Å². The van der Waals surface area contributed by atoms with E-state index in [1.54, 1.807) is 12.1 Å². The first-order chi connectivity index (χ1) is 13.1. The van der Waals surface area contributed by atoms with Crippen molar-refractivity contribution in [2.24, 2.45) is 26.9 Å². The number of anilines is 1. The Morgan fingerprint density at radius 2 is 2.14 bits per heavy atom. The van der Waals surface area contributed by atoms with Crippen LogP contribution in [-0.4, -0.2) is 36.1 Å². The quantitative estimate of drug-likeness (QED) is 0.669. The fraction of sp³-hybridized carbons (Fsp3) is 0.450. The highest BCUT2D eigenvalue weighted by atomic mass is 32.2. The summed E-state index contributed by atoms with van der Waals surface area (Å²) in [5.41, 5.74) is 13.4. The molecule has 5 N–H and O–H groups in total. The third-order valence-electron chi connectivity index (χ3n) is 4.50. The molecule has 1 atom stereocenters.